The first-order valence-electron chi connectivity index (χ1n) is 12.9. The molecule has 1 aliphatic rings. The summed E-state index contributed by atoms with van der Waals surface area (Å²) in [7, 11) is -12.3. The number of aromatic nitrogens is 3. The third kappa shape index (κ3) is 12.0. The van der Waals surface area contributed by atoms with Gasteiger partial charge >= 0.3 is 23.5 Å². The van der Waals surface area contributed by atoms with Gasteiger partial charge in [0, 0.05) is 31.0 Å². The van der Waals surface area contributed by atoms with Crippen LogP contribution in [0, 0.1) is 11.8 Å². The molecule has 1 aliphatic heterocycles. The molecule has 0 spiro atoms. The lowest BCUT2D eigenvalue weighted by molar-refractivity contribution is -0.106. The molecular weight excluding hydrogens is 719 g/mol. The number of ether oxygens (including phenoxy) is 4. The van der Waals surface area contributed by atoms with Crippen LogP contribution in [0.2, 0.25) is 0 Å². The molecule has 5 atom stereocenters. The van der Waals surface area contributed by atoms with Gasteiger partial charge in [-0.3, -0.25) is 14.3 Å². The second-order valence-corrected chi connectivity index (χ2v) is 17.3. The molecule has 3 rings (SSSR count). The Kier molecular flexibility index (Phi) is 13.9. The summed E-state index contributed by atoms with van der Waals surface area (Å²) in [6, 6.07) is 0. The van der Waals surface area contributed by atoms with Gasteiger partial charge in [0.15, 0.2) is 5.65 Å². The van der Waals surface area contributed by atoms with Crippen LogP contribution in [0.1, 0.15) is 32.1 Å². The van der Waals surface area contributed by atoms with E-state index in [1.807, 2.05) is 13.8 Å². The van der Waals surface area contributed by atoms with Crippen LogP contribution in [-0.4, -0.2) is 90.7 Å². The second-order valence-electron chi connectivity index (χ2n) is 9.90. The van der Waals surface area contributed by atoms with E-state index in [0.717, 1.165) is 0 Å². The van der Waals surface area contributed by atoms with E-state index < -0.39 is 54.1 Å². The number of nitrogen functional groups attached to an aromatic ring is 1. The molecule has 0 amide bonds. The molecule has 3 heterocycles. The van der Waals surface area contributed by atoms with Gasteiger partial charge < -0.3 is 54.6 Å². The SMILES string of the molecule is COCOC1C[C@H](n2cc(C#CCOCSSC(C)(C)CN)c3c(=O)[nH]c(N)nc32)O[C@@H]1COP(=O)(O)OP(=O)(O)OP(=O)(O)O. The van der Waals surface area contributed by atoms with Gasteiger partial charge in [-0.05, 0) is 13.8 Å². The fraction of sp³-hybridized carbons (Fsp3) is 0.619. The maximum Gasteiger partial charge on any atom is 0.490 e. The molecule has 0 aliphatic carbocycles. The quantitative estimate of drug-likeness (QED) is 0.0394. The average molecular weight is 754 g/mol. The van der Waals surface area contributed by atoms with Crippen LogP contribution in [0.25, 0.3) is 11.0 Å². The maximum absolute atomic E-state index is 12.8. The van der Waals surface area contributed by atoms with Gasteiger partial charge in [-0.2, -0.15) is 13.6 Å². The van der Waals surface area contributed by atoms with Crippen molar-refractivity contribution in [3.8, 4) is 11.8 Å². The Morgan fingerprint density at radius 3 is 2.59 bits per heavy atom. The molecule has 0 aromatic carbocycles. The molecule has 0 bridgehead atoms. The molecule has 0 saturated carbocycles. The van der Waals surface area contributed by atoms with Crippen molar-refractivity contribution in [2.45, 2.75) is 43.5 Å². The molecule has 0 radical (unpaired) electrons. The molecule has 2 aromatic rings. The Balaban J connectivity index is 1.78. The van der Waals surface area contributed by atoms with Crippen molar-refractivity contribution in [1.82, 2.24) is 14.5 Å². The summed E-state index contributed by atoms with van der Waals surface area (Å²) in [6.45, 7) is 3.56. The lowest BCUT2D eigenvalue weighted by Gasteiger charge is -2.21. The van der Waals surface area contributed by atoms with Gasteiger partial charge in [0.25, 0.3) is 5.56 Å². The Morgan fingerprint density at radius 1 is 1.22 bits per heavy atom. The number of rotatable bonds is 17. The van der Waals surface area contributed by atoms with E-state index in [9.17, 15) is 28.3 Å². The lowest BCUT2D eigenvalue weighted by atomic mass is 10.2. The number of nitrogens with one attached hydrogen (secondary N) is 1. The molecule has 3 unspecified atom stereocenters. The number of aromatic amines is 1. The molecule has 1 saturated heterocycles. The van der Waals surface area contributed by atoms with Gasteiger partial charge in [0.05, 0.1) is 23.7 Å². The minimum Gasteiger partial charge on any atom is -0.369 e. The van der Waals surface area contributed by atoms with E-state index in [0.29, 0.717) is 12.5 Å². The third-order valence-electron chi connectivity index (χ3n) is 5.71. The predicted molar refractivity (Wildman–Crippen MR) is 166 cm³/mol. The monoisotopic (exact) mass is 753 g/mol. The Morgan fingerprint density at radius 2 is 1.93 bits per heavy atom. The first-order valence-corrected chi connectivity index (χ1v) is 19.7. The number of fused-ring (bicyclic) bond motifs is 1. The summed E-state index contributed by atoms with van der Waals surface area (Å²) in [5.74, 6) is 5.89. The molecule has 9 N–H and O–H groups in total. The van der Waals surface area contributed by atoms with Crippen molar-refractivity contribution in [2.75, 3.05) is 45.3 Å². The Bertz CT molecular complexity index is 1620. The van der Waals surface area contributed by atoms with Crippen LogP contribution < -0.4 is 17.0 Å². The zero-order valence-electron chi connectivity index (χ0n) is 24.5. The van der Waals surface area contributed by atoms with Crippen molar-refractivity contribution in [3.05, 3.63) is 22.1 Å². The van der Waals surface area contributed by atoms with Gasteiger partial charge in [-0.25, -0.2) is 13.7 Å². The summed E-state index contributed by atoms with van der Waals surface area (Å²) >= 11 is 0. The molecule has 1 fully saturated rings. The highest BCUT2D eigenvalue weighted by molar-refractivity contribution is 8.77. The van der Waals surface area contributed by atoms with Crippen LogP contribution in [0.4, 0.5) is 5.95 Å². The fourth-order valence-corrected chi connectivity index (χ4v) is 8.91. The summed E-state index contributed by atoms with van der Waals surface area (Å²) in [6.07, 6.45) is -1.41. The number of hydrogen-bond donors (Lipinski definition) is 7. The highest BCUT2D eigenvalue weighted by Crippen LogP contribution is 2.66. The molecule has 260 valence electrons. The lowest BCUT2D eigenvalue weighted by Crippen LogP contribution is -2.29. The molecule has 2 aromatic heterocycles. The van der Waals surface area contributed by atoms with Crippen LogP contribution >= 0.6 is 45.1 Å². The zero-order valence-corrected chi connectivity index (χ0v) is 28.9. The number of phosphoric acid groups is 3. The van der Waals surface area contributed by atoms with Gasteiger partial charge in [-0.1, -0.05) is 33.4 Å². The van der Waals surface area contributed by atoms with Crippen molar-refractivity contribution in [2.24, 2.45) is 5.73 Å². The van der Waals surface area contributed by atoms with Gasteiger partial charge in [-0.15, -0.1) is 0 Å². The van der Waals surface area contributed by atoms with Crippen molar-refractivity contribution in [1.29, 1.82) is 0 Å². The van der Waals surface area contributed by atoms with Crippen LogP contribution in [-0.2, 0) is 45.8 Å². The molecule has 20 nitrogen and oxygen atoms in total. The van der Waals surface area contributed by atoms with E-state index in [1.54, 1.807) is 10.8 Å². The standard InChI is InChI=1S/C21H34N5O15P3S2/c1-21(2,10-22)46-45-12-36-6-4-5-13-8-26(18-17(13)19(27)25-20(23)24-18)16-7-14(37-11-35-3)15(39-16)9-38-43(31,32)41-44(33,34)40-42(28,29)30/h8,14-16H,6-7,9-12,22H2,1-3H3,(H,31,32)(H,33,34)(H2,28,29,30)(H3,23,24,25,27)/t14?,15-,16-/m1/s1. The number of phosphoric ester groups is 1. The molecular formula is C21H34N5O15P3S2. The van der Waals surface area contributed by atoms with Crippen molar-refractivity contribution < 1.29 is 65.4 Å². The van der Waals surface area contributed by atoms with Crippen molar-refractivity contribution >= 4 is 62.0 Å². The third-order valence-corrected chi connectivity index (χ3v) is 12.5. The second kappa shape index (κ2) is 16.4. The number of H-pyrrole nitrogens is 1. The predicted octanol–water partition coefficient (Wildman–Crippen LogP) is 1.37. The van der Waals surface area contributed by atoms with Crippen LogP contribution in [0.3, 0.4) is 0 Å². The average Bonchev–Trinajstić information content (AvgIpc) is 3.49. The molecule has 46 heavy (non-hydrogen) atoms. The highest BCUT2D eigenvalue weighted by atomic mass is 33.1. The fourth-order valence-electron chi connectivity index (χ4n) is 3.79. The van der Waals surface area contributed by atoms with Crippen LogP contribution in [0.15, 0.2) is 11.0 Å². The zero-order chi connectivity index (χ0) is 34.3. The van der Waals surface area contributed by atoms with E-state index >= 15 is 0 Å². The summed E-state index contributed by atoms with van der Waals surface area (Å²) < 4.78 is 70.4. The number of nitrogens with two attached hydrogens (primary N) is 2. The summed E-state index contributed by atoms with van der Waals surface area (Å²) in [5.41, 5.74) is 11.3. The minimum absolute atomic E-state index is 0.0516. The maximum atomic E-state index is 12.8. The first-order chi connectivity index (χ1) is 21.4. The number of nitrogens with zero attached hydrogens (tertiary/aromatic N) is 2. The normalized spacial score (nSPS) is 21.5. The van der Waals surface area contributed by atoms with Crippen molar-refractivity contribution in [3.63, 3.8) is 0 Å². The topological polar surface area (TPSA) is 299 Å². The van der Waals surface area contributed by atoms with Crippen LogP contribution in [0.5, 0.6) is 0 Å². The van der Waals surface area contributed by atoms with E-state index in [2.05, 4.69) is 30.4 Å². The Hall–Kier alpha value is -1.31. The first kappa shape index (κ1) is 39.1. The minimum atomic E-state index is -5.73. The molecule has 25 heteroatoms. The smallest absolute Gasteiger partial charge is 0.369 e. The number of hydrogen-bond acceptors (Lipinski definition) is 16. The Labute approximate surface area is 270 Å². The van der Waals surface area contributed by atoms with Gasteiger partial charge in [0.1, 0.15) is 31.7 Å². The largest absolute Gasteiger partial charge is 0.490 e. The van der Waals surface area contributed by atoms with E-state index in [4.69, 9.17) is 44.7 Å². The number of methoxy groups -OCH3 is 1. The highest BCUT2D eigenvalue weighted by Gasteiger charge is 2.43. The summed E-state index contributed by atoms with van der Waals surface area (Å²) in [4.78, 5) is 56.2. The van der Waals surface area contributed by atoms with E-state index in [-0.39, 0.29) is 47.1 Å². The van der Waals surface area contributed by atoms with E-state index in [1.165, 1.54) is 28.7 Å². The number of anilines is 1. The van der Waals surface area contributed by atoms with Gasteiger partial charge in [0.2, 0.25) is 5.95 Å². The summed E-state index contributed by atoms with van der Waals surface area (Å²) in [5, 5.41) is 0.103.